The normalized spacial score (nSPS) is 10.8. The van der Waals surface area contributed by atoms with E-state index < -0.39 is 5.91 Å². The van der Waals surface area contributed by atoms with Crippen molar-refractivity contribution >= 4 is 28.4 Å². The molecule has 0 saturated heterocycles. The van der Waals surface area contributed by atoms with Crippen LogP contribution < -0.4 is 10.6 Å². The van der Waals surface area contributed by atoms with Crippen molar-refractivity contribution in [1.82, 2.24) is 30.3 Å². The van der Waals surface area contributed by atoms with E-state index in [1.54, 1.807) is 47.7 Å². The zero-order chi connectivity index (χ0) is 22.6. The molecule has 0 aliphatic heterocycles. The highest BCUT2D eigenvalue weighted by Crippen LogP contribution is 2.23. The Hall–Kier alpha value is -4.79. The standard InChI is InChI=1S/C24H19N7O2/c32-22(28-18-9-8-16-13-27-29-21(16)11-18)14-26-24(33)20-15-31(19-6-2-1-3-7-19)30-23(20)17-5-4-10-25-12-17/h1-13,15H,14H2,(H,26,33)(H,27,29)(H,28,32). The van der Waals surface area contributed by atoms with Gasteiger partial charge in [0, 0.05) is 35.2 Å². The van der Waals surface area contributed by atoms with Crippen LogP contribution >= 0.6 is 0 Å². The minimum absolute atomic E-state index is 0.192. The fraction of sp³-hybridized carbons (Fsp3) is 0.0417. The monoisotopic (exact) mass is 437 g/mol. The van der Waals surface area contributed by atoms with Gasteiger partial charge >= 0.3 is 0 Å². The van der Waals surface area contributed by atoms with Crippen LogP contribution in [0.4, 0.5) is 5.69 Å². The zero-order valence-electron chi connectivity index (χ0n) is 17.4. The molecule has 9 nitrogen and oxygen atoms in total. The number of benzene rings is 2. The molecule has 3 aromatic heterocycles. The van der Waals surface area contributed by atoms with Crippen molar-refractivity contribution in [3.05, 3.63) is 91.0 Å². The number of fused-ring (bicyclic) bond motifs is 1. The maximum absolute atomic E-state index is 13.0. The molecule has 0 atom stereocenters. The minimum Gasteiger partial charge on any atom is -0.343 e. The van der Waals surface area contributed by atoms with Crippen molar-refractivity contribution in [3.63, 3.8) is 0 Å². The number of H-pyrrole nitrogens is 1. The van der Waals surface area contributed by atoms with Gasteiger partial charge in [-0.3, -0.25) is 19.7 Å². The third-order valence-electron chi connectivity index (χ3n) is 5.05. The summed E-state index contributed by atoms with van der Waals surface area (Å²) in [5.74, 6) is -0.754. The van der Waals surface area contributed by atoms with Gasteiger partial charge in [0.2, 0.25) is 5.91 Å². The Balaban J connectivity index is 1.33. The van der Waals surface area contributed by atoms with Crippen molar-refractivity contribution < 1.29 is 9.59 Å². The van der Waals surface area contributed by atoms with Gasteiger partial charge in [-0.25, -0.2) is 4.68 Å². The lowest BCUT2D eigenvalue weighted by Gasteiger charge is -2.07. The lowest BCUT2D eigenvalue weighted by molar-refractivity contribution is -0.115. The summed E-state index contributed by atoms with van der Waals surface area (Å²) in [7, 11) is 0. The van der Waals surface area contributed by atoms with Gasteiger partial charge in [0.1, 0.15) is 5.69 Å². The van der Waals surface area contributed by atoms with Gasteiger partial charge in [0.15, 0.2) is 0 Å². The number of aromatic nitrogens is 5. The number of amides is 2. The molecular weight excluding hydrogens is 418 g/mol. The van der Waals surface area contributed by atoms with E-state index in [4.69, 9.17) is 0 Å². The first-order chi connectivity index (χ1) is 16.2. The average molecular weight is 437 g/mol. The minimum atomic E-state index is -0.407. The van der Waals surface area contributed by atoms with E-state index in [0.717, 1.165) is 16.6 Å². The predicted molar refractivity (Wildman–Crippen MR) is 124 cm³/mol. The highest BCUT2D eigenvalue weighted by atomic mass is 16.2. The second kappa shape index (κ2) is 8.75. The van der Waals surface area contributed by atoms with E-state index >= 15 is 0 Å². The van der Waals surface area contributed by atoms with Gasteiger partial charge in [0.05, 0.1) is 29.5 Å². The van der Waals surface area contributed by atoms with Gasteiger partial charge in [0.25, 0.3) is 5.91 Å². The molecule has 0 saturated carbocycles. The van der Waals surface area contributed by atoms with Crippen molar-refractivity contribution in [2.75, 3.05) is 11.9 Å². The number of aromatic amines is 1. The van der Waals surface area contributed by atoms with Gasteiger partial charge < -0.3 is 10.6 Å². The molecule has 0 aliphatic carbocycles. The summed E-state index contributed by atoms with van der Waals surface area (Å²) >= 11 is 0. The number of carbonyl (C=O) groups excluding carboxylic acids is 2. The van der Waals surface area contributed by atoms with Crippen LogP contribution in [-0.2, 0) is 4.79 Å². The maximum Gasteiger partial charge on any atom is 0.255 e. The third-order valence-corrected chi connectivity index (χ3v) is 5.05. The smallest absolute Gasteiger partial charge is 0.255 e. The summed E-state index contributed by atoms with van der Waals surface area (Å²) in [4.78, 5) is 29.6. The predicted octanol–water partition coefficient (Wildman–Crippen LogP) is 3.18. The maximum atomic E-state index is 13.0. The average Bonchev–Trinajstić information content (AvgIpc) is 3.51. The molecule has 0 spiro atoms. The van der Waals surface area contributed by atoms with Crippen LogP contribution in [0.1, 0.15) is 10.4 Å². The van der Waals surface area contributed by atoms with E-state index in [1.807, 2.05) is 42.5 Å². The Labute approximate surface area is 188 Å². The first-order valence-corrected chi connectivity index (χ1v) is 10.2. The third kappa shape index (κ3) is 4.33. The van der Waals surface area contributed by atoms with Crippen LogP contribution in [0.2, 0.25) is 0 Å². The Morgan fingerprint density at radius 2 is 1.88 bits per heavy atom. The molecule has 0 radical (unpaired) electrons. The Kier molecular flexibility index (Phi) is 5.34. The fourth-order valence-electron chi connectivity index (χ4n) is 3.44. The van der Waals surface area contributed by atoms with E-state index in [1.165, 1.54) is 0 Å². The Bertz CT molecular complexity index is 1430. The number of pyridine rings is 1. The molecule has 5 aromatic rings. The molecule has 9 heteroatoms. The first kappa shape index (κ1) is 20.1. The van der Waals surface area contributed by atoms with Gasteiger partial charge in [-0.05, 0) is 42.5 Å². The number of hydrogen-bond acceptors (Lipinski definition) is 5. The number of nitrogens with zero attached hydrogens (tertiary/aromatic N) is 4. The number of para-hydroxylation sites is 1. The van der Waals surface area contributed by atoms with E-state index in [9.17, 15) is 9.59 Å². The largest absolute Gasteiger partial charge is 0.343 e. The second-order valence-electron chi connectivity index (χ2n) is 7.32. The second-order valence-corrected chi connectivity index (χ2v) is 7.32. The number of carbonyl (C=O) groups is 2. The molecule has 5 rings (SSSR count). The summed E-state index contributed by atoms with van der Waals surface area (Å²) in [6.45, 7) is -0.192. The van der Waals surface area contributed by atoms with Gasteiger partial charge in [-0.1, -0.05) is 18.2 Å². The summed E-state index contributed by atoms with van der Waals surface area (Å²) in [5.41, 5.74) is 3.77. The summed E-state index contributed by atoms with van der Waals surface area (Å²) in [6.07, 6.45) is 6.66. The molecule has 2 aromatic carbocycles. The van der Waals surface area contributed by atoms with Crippen LogP contribution in [0.25, 0.3) is 27.8 Å². The lowest BCUT2D eigenvalue weighted by atomic mass is 10.1. The van der Waals surface area contributed by atoms with Crippen LogP contribution in [0, 0.1) is 0 Å². The molecule has 0 aliphatic rings. The van der Waals surface area contributed by atoms with Crippen LogP contribution in [0.3, 0.4) is 0 Å². The van der Waals surface area contributed by atoms with Crippen molar-refractivity contribution in [3.8, 4) is 16.9 Å². The lowest BCUT2D eigenvalue weighted by Crippen LogP contribution is -2.33. The van der Waals surface area contributed by atoms with E-state index in [2.05, 4.69) is 30.9 Å². The Morgan fingerprint density at radius 1 is 1.00 bits per heavy atom. The van der Waals surface area contributed by atoms with Gasteiger partial charge in [-0.15, -0.1) is 0 Å². The van der Waals surface area contributed by atoms with Gasteiger partial charge in [-0.2, -0.15) is 10.2 Å². The van der Waals surface area contributed by atoms with Crippen molar-refractivity contribution in [2.45, 2.75) is 0 Å². The summed E-state index contributed by atoms with van der Waals surface area (Å²) in [6, 6.07) is 18.5. The SMILES string of the molecule is O=C(CNC(=O)c1cn(-c2ccccc2)nc1-c1cccnc1)Nc1ccc2cn[nH]c2c1. The molecule has 2 amide bonds. The zero-order valence-corrected chi connectivity index (χ0v) is 17.4. The Morgan fingerprint density at radius 3 is 2.70 bits per heavy atom. The molecular formula is C24H19N7O2. The molecule has 0 bridgehead atoms. The van der Waals surface area contributed by atoms with E-state index in [0.29, 0.717) is 22.5 Å². The molecule has 0 fully saturated rings. The highest BCUT2D eigenvalue weighted by Gasteiger charge is 2.19. The van der Waals surface area contributed by atoms with Crippen LogP contribution in [-0.4, -0.2) is 43.3 Å². The summed E-state index contributed by atoms with van der Waals surface area (Å²) in [5, 5.41) is 17.8. The molecule has 162 valence electrons. The quantitative estimate of drug-likeness (QED) is 0.377. The number of hydrogen-bond donors (Lipinski definition) is 3. The molecule has 3 heterocycles. The molecule has 0 unspecified atom stereocenters. The van der Waals surface area contributed by atoms with Crippen molar-refractivity contribution in [1.29, 1.82) is 0 Å². The van der Waals surface area contributed by atoms with Crippen LogP contribution in [0.15, 0.2) is 85.5 Å². The number of anilines is 1. The van der Waals surface area contributed by atoms with Crippen molar-refractivity contribution in [2.24, 2.45) is 0 Å². The van der Waals surface area contributed by atoms with Crippen LogP contribution in [0.5, 0.6) is 0 Å². The summed E-state index contributed by atoms with van der Waals surface area (Å²) < 4.78 is 1.64. The fourth-order valence-corrected chi connectivity index (χ4v) is 3.44. The number of rotatable bonds is 6. The highest BCUT2D eigenvalue weighted by molar-refractivity contribution is 6.03. The molecule has 33 heavy (non-hydrogen) atoms. The topological polar surface area (TPSA) is 118 Å². The molecule has 3 N–H and O–H groups in total. The number of nitrogens with one attached hydrogen (secondary N) is 3. The van der Waals surface area contributed by atoms with E-state index in [-0.39, 0.29) is 12.5 Å². The first-order valence-electron chi connectivity index (χ1n) is 10.2.